The summed E-state index contributed by atoms with van der Waals surface area (Å²) in [6.45, 7) is 0.717. The third-order valence-corrected chi connectivity index (χ3v) is 1.93. The predicted molar refractivity (Wildman–Crippen MR) is 51.3 cm³/mol. The van der Waals surface area contributed by atoms with E-state index in [9.17, 15) is 0 Å². The van der Waals surface area contributed by atoms with E-state index in [-0.39, 0.29) is 0 Å². The summed E-state index contributed by atoms with van der Waals surface area (Å²) >= 11 is 0. The molecule has 3 nitrogen and oxygen atoms in total. The zero-order valence-electron chi connectivity index (χ0n) is 7.51. The molecule has 0 aliphatic rings. The first kappa shape index (κ1) is 8.52. The molecule has 67 valence electrons. The lowest BCUT2D eigenvalue weighted by atomic mass is 10.1. The molecule has 0 fully saturated rings. The molecule has 0 saturated carbocycles. The van der Waals surface area contributed by atoms with E-state index in [0.29, 0.717) is 5.56 Å². The number of hydrogen-bond acceptors (Lipinski definition) is 2. The van der Waals surface area contributed by atoms with E-state index in [2.05, 4.69) is 17.4 Å². The van der Waals surface area contributed by atoms with E-state index in [4.69, 9.17) is 5.26 Å². The van der Waals surface area contributed by atoms with Gasteiger partial charge in [0.15, 0.2) is 0 Å². The van der Waals surface area contributed by atoms with Crippen LogP contribution in [0.15, 0.2) is 36.5 Å². The molecule has 1 heterocycles. The molecule has 0 aliphatic carbocycles. The first-order valence-corrected chi connectivity index (χ1v) is 4.27. The fourth-order valence-electron chi connectivity index (χ4n) is 1.22. The Morgan fingerprint density at radius 3 is 2.71 bits per heavy atom. The van der Waals surface area contributed by atoms with E-state index >= 15 is 0 Å². The second-order valence-electron chi connectivity index (χ2n) is 2.95. The van der Waals surface area contributed by atoms with Crippen LogP contribution in [0.1, 0.15) is 11.1 Å². The second-order valence-corrected chi connectivity index (χ2v) is 2.95. The molecule has 0 spiro atoms. The van der Waals surface area contributed by atoms with Crippen LogP contribution in [-0.4, -0.2) is 9.78 Å². The van der Waals surface area contributed by atoms with Crippen molar-refractivity contribution in [3.05, 3.63) is 53.9 Å². The predicted octanol–water partition coefficient (Wildman–Crippen LogP) is 1.60. The molecule has 0 N–H and O–H groups in total. The van der Waals surface area contributed by atoms with Crippen LogP contribution < -0.4 is 0 Å². The van der Waals surface area contributed by atoms with Gasteiger partial charge in [-0.3, -0.25) is 4.68 Å². The van der Waals surface area contributed by atoms with Gasteiger partial charge in [0.25, 0.3) is 0 Å². The smallest absolute Gasteiger partial charge is 0.113 e. The maximum absolute atomic E-state index is 8.61. The highest BCUT2D eigenvalue weighted by Crippen LogP contribution is 2.04. The summed E-state index contributed by atoms with van der Waals surface area (Å²) < 4.78 is 1.79. The van der Waals surface area contributed by atoms with E-state index in [0.717, 1.165) is 12.1 Å². The summed E-state index contributed by atoms with van der Waals surface area (Å²) in [7, 11) is 0. The standard InChI is InChI=1S/C11H8N3/c12-8-10-2-4-11(5-3-10)9-14-7-1-6-13-14/h1-5,7H,9H2. The SMILES string of the molecule is N#Cc1ccc(Cn2cc[c]n2)cc1. The van der Waals surface area contributed by atoms with E-state index in [1.165, 1.54) is 0 Å². The minimum absolute atomic E-state index is 0.681. The van der Waals surface area contributed by atoms with Gasteiger partial charge in [-0.05, 0) is 23.8 Å². The number of hydrogen-bond donors (Lipinski definition) is 0. The number of rotatable bonds is 2. The summed E-state index contributed by atoms with van der Waals surface area (Å²) in [6, 6.07) is 11.3. The fraction of sp³-hybridized carbons (Fsp3) is 0.0909. The second kappa shape index (κ2) is 3.75. The highest BCUT2D eigenvalue weighted by atomic mass is 15.3. The van der Waals surface area contributed by atoms with Crippen LogP contribution >= 0.6 is 0 Å². The van der Waals surface area contributed by atoms with E-state index in [1.54, 1.807) is 10.7 Å². The lowest BCUT2D eigenvalue weighted by Gasteiger charge is -2.00. The number of nitrogens with zero attached hydrogens (tertiary/aromatic N) is 3. The summed E-state index contributed by atoms with van der Waals surface area (Å²) in [6.07, 6.45) is 4.59. The molecule has 0 aliphatic heterocycles. The average molecular weight is 182 g/mol. The van der Waals surface area contributed by atoms with Crippen LogP contribution in [-0.2, 0) is 6.54 Å². The van der Waals surface area contributed by atoms with Crippen LogP contribution in [0.3, 0.4) is 0 Å². The molecule has 3 heteroatoms. The summed E-state index contributed by atoms with van der Waals surface area (Å²) in [5.74, 6) is 0. The van der Waals surface area contributed by atoms with Gasteiger partial charge in [-0.1, -0.05) is 12.1 Å². The van der Waals surface area contributed by atoms with Crippen molar-refractivity contribution in [1.82, 2.24) is 9.78 Å². The highest BCUT2D eigenvalue weighted by Gasteiger charge is 1.95. The molecule has 2 aromatic rings. The van der Waals surface area contributed by atoms with Crippen molar-refractivity contribution in [2.75, 3.05) is 0 Å². The van der Waals surface area contributed by atoms with E-state index in [1.807, 2.05) is 30.5 Å². The maximum atomic E-state index is 8.61. The molecule has 1 aromatic heterocycles. The van der Waals surface area contributed by atoms with Crippen molar-refractivity contribution in [3.63, 3.8) is 0 Å². The maximum Gasteiger partial charge on any atom is 0.113 e. The molecule has 0 amide bonds. The molecule has 14 heavy (non-hydrogen) atoms. The normalized spacial score (nSPS) is 9.64. The molecule has 1 radical (unpaired) electrons. The minimum atomic E-state index is 0.681. The summed E-state index contributed by atoms with van der Waals surface area (Å²) in [5.41, 5.74) is 1.81. The topological polar surface area (TPSA) is 41.6 Å². The fourth-order valence-corrected chi connectivity index (χ4v) is 1.22. The van der Waals surface area contributed by atoms with Crippen molar-refractivity contribution in [2.45, 2.75) is 6.54 Å². The Morgan fingerprint density at radius 1 is 1.36 bits per heavy atom. The lowest BCUT2D eigenvalue weighted by molar-refractivity contribution is 0.685. The Bertz CT molecular complexity index is 434. The van der Waals surface area contributed by atoms with Gasteiger partial charge in [-0.25, -0.2) is 0 Å². The lowest BCUT2D eigenvalue weighted by Crippen LogP contribution is -1.99. The first-order valence-electron chi connectivity index (χ1n) is 4.27. The van der Waals surface area contributed by atoms with Gasteiger partial charge in [-0.2, -0.15) is 10.4 Å². The van der Waals surface area contributed by atoms with Crippen molar-refractivity contribution in [3.8, 4) is 6.07 Å². The molecule has 0 atom stereocenters. The molecule has 2 rings (SSSR count). The minimum Gasteiger partial charge on any atom is -0.268 e. The van der Waals surface area contributed by atoms with Crippen molar-refractivity contribution in [1.29, 1.82) is 5.26 Å². The van der Waals surface area contributed by atoms with Crippen LogP contribution in [0, 0.1) is 17.5 Å². The third-order valence-electron chi connectivity index (χ3n) is 1.93. The third kappa shape index (κ3) is 1.80. The van der Waals surface area contributed by atoms with Gasteiger partial charge in [0, 0.05) is 6.20 Å². The Labute approximate surface area is 82.2 Å². The number of benzene rings is 1. The molecule has 0 unspecified atom stereocenters. The van der Waals surface area contributed by atoms with Gasteiger partial charge in [0.2, 0.25) is 0 Å². The van der Waals surface area contributed by atoms with Gasteiger partial charge in [-0.15, -0.1) is 0 Å². The summed E-state index contributed by atoms with van der Waals surface area (Å²) in [5, 5.41) is 12.6. The van der Waals surface area contributed by atoms with Gasteiger partial charge < -0.3 is 0 Å². The zero-order chi connectivity index (χ0) is 9.80. The Hall–Kier alpha value is -2.08. The highest BCUT2D eigenvalue weighted by molar-refractivity contribution is 5.31. The van der Waals surface area contributed by atoms with Crippen LogP contribution in [0.5, 0.6) is 0 Å². The van der Waals surface area contributed by atoms with Crippen molar-refractivity contribution >= 4 is 0 Å². The molecule has 0 saturated heterocycles. The number of aromatic nitrogens is 2. The Balaban J connectivity index is 2.15. The average Bonchev–Trinajstić information content (AvgIpc) is 2.72. The zero-order valence-corrected chi connectivity index (χ0v) is 7.51. The van der Waals surface area contributed by atoms with Gasteiger partial charge >= 0.3 is 0 Å². The van der Waals surface area contributed by atoms with Crippen molar-refractivity contribution < 1.29 is 0 Å². The molecular weight excluding hydrogens is 174 g/mol. The quantitative estimate of drug-likeness (QED) is 0.707. The monoisotopic (exact) mass is 182 g/mol. The molecule has 0 bridgehead atoms. The first-order chi connectivity index (χ1) is 6.88. The van der Waals surface area contributed by atoms with Gasteiger partial charge in [0.05, 0.1) is 18.2 Å². The van der Waals surface area contributed by atoms with Gasteiger partial charge in [0.1, 0.15) is 6.20 Å². The van der Waals surface area contributed by atoms with Crippen molar-refractivity contribution in [2.24, 2.45) is 0 Å². The Morgan fingerprint density at radius 2 is 2.14 bits per heavy atom. The summed E-state index contributed by atoms with van der Waals surface area (Å²) in [4.78, 5) is 0. The largest absolute Gasteiger partial charge is 0.268 e. The Kier molecular flexibility index (Phi) is 2.28. The molecule has 1 aromatic carbocycles. The van der Waals surface area contributed by atoms with Crippen LogP contribution in [0.4, 0.5) is 0 Å². The number of nitriles is 1. The van der Waals surface area contributed by atoms with Crippen LogP contribution in [0.2, 0.25) is 0 Å². The van der Waals surface area contributed by atoms with E-state index < -0.39 is 0 Å². The molecular formula is C11H8N3. The van der Waals surface area contributed by atoms with Crippen LogP contribution in [0.25, 0.3) is 0 Å².